The molecule has 1 nitrogen and oxygen atoms in total. The molecule has 0 amide bonds. The van der Waals surface area contributed by atoms with E-state index in [9.17, 15) is 13.2 Å². The number of benzene rings is 2. The molecule has 0 unspecified atom stereocenters. The van der Waals surface area contributed by atoms with Crippen molar-refractivity contribution in [3.8, 4) is 11.5 Å². The maximum atomic E-state index is 12.5. The van der Waals surface area contributed by atoms with Crippen LogP contribution in [-0.2, 0) is 6.18 Å². The molecule has 0 heterocycles. The second-order valence-electron chi connectivity index (χ2n) is 3.89. The van der Waals surface area contributed by atoms with Gasteiger partial charge in [-0.1, -0.05) is 23.7 Å². The average molecular weight is 286 g/mol. The minimum atomic E-state index is -4.42. The Morgan fingerprint density at radius 3 is 2.37 bits per heavy atom. The molecule has 0 aliphatic rings. The van der Waals surface area contributed by atoms with Gasteiger partial charge in [0.1, 0.15) is 11.5 Å². The highest BCUT2D eigenvalue weighted by molar-refractivity contribution is 6.32. The molecule has 19 heavy (non-hydrogen) atoms. The quantitative estimate of drug-likeness (QED) is 0.724. The zero-order valence-electron chi connectivity index (χ0n) is 9.67. The van der Waals surface area contributed by atoms with Crippen LogP contribution in [0.3, 0.4) is 0 Å². The molecule has 2 aromatic rings. The Labute approximate surface area is 113 Å². The highest BCUT2D eigenvalue weighted by atomic mass is 35.5. The zero-order valence-corrected chi connectivity index (χ0v) is 10.4. The van der Waals surface area contributed by atoms with E-state index in [4.69, 9.17) is 16.3 Å². The van der Waals surface area contributed by atoms with Gasteiger partial charge in [-0.2, -0.15) is 13.2 Å². The van der Waals surface area contributed by atoms with Crippen LogP contribution in [-0.4, -0.2) is 0 Å². The summed E-state index contributed by atoms with van der Waals surface area (Å²) in [6.07, 6.45) is -4.42. The maximum Gasteiger partial charge on any atom is 0.416 e. The molecule has 0 spiro atoms. The van der Waals surface area contributed by atoms with Crippen molar-refractivity contribution in [1.82, 2.24) is 0 Å². The first-order valence-electron chi connectivity index (χ1n) is 5.33. The lowest BCUT2D eigenvalue weighted by atomic mass is 10.2. The summed E-state index contributed by atoms with van der Waals surface area (Å²) in [7, 11) is 0. The summed E-state index contributed by atoms with van der Waals surface area (Å²) < 4.78 is 42.8. The Morgan fingerprint density at radius 1 is 1.05 bits per heavy atom. The van der Waals surface area contributed by atoms with Crippen molar-refractivity contribution in [2.75, 3.05) is 0 Å². The second-order valence-corrected chi connectivity index (χ2v) is 4.30. The predicted octanol–water partition coefficient (Wildman–Crippen LogP) is 5.33. The zero-order chi connectivity index (χ0) is 14.0. The lowest BCUT2D eigenvalue weighted by molar-refractivity contribution is -0.137. The lowest BCUT2D eigenvalue weighted by Gasteiger charge is -2.11. The van der Waals surface area contributed by atoms with Crippen molar-refractivity contribution < 1.29 is 17.9 Å². The number of hydrogen-bond donors (Lipinski definition) is 0. The van der Waals surface area contributed by atoms with Gasteiger partial charge >= 0.3 is 6.18 Å². The molecule has 0 bridgehead atoms. The summed E-state index contributed by atoms with van der Waals surface area (Å²) in [6, 6.07) is 9.80. The summed E-state index contributed by atoms with van der Waals surface area (Å²) in [5.74, 6) is 0.634. The van der Waals surface area contributed by atoms with E-state index < -0.39 is 11.7 Å². The third-order valence-corrected chi connectivity index (χ3v) is 2.68. The molecule has 0 N–H and O–H groups in total. The Bertz CT molecular complexity index is 593. The molecule has 0 saturated carbocycles. The second kappa shape index (κ2) is 5.13. The van der Waals surface area contributed by atoms with E-state index in [1.54, 1.807) is 24.3 Å². The molecule has 5 heteroatoms. The number of halogens is 4. The van der Waals surface area contributed by atoms with E-state index in [2.05, 4.69) is 6.92 Å². The highest BCUT2D eigenvalue weighted by Crippen LogP contribution is 2.36. The van der Waals surface area contributed by atoms with Gasteiger partial charge in [0, 0.05) is 0 Å². The van der Waals surface area contributed by atoms with Crippen LogP contribution in [0.25, 0.3) is 0 Å². The maximum absolute atomic E-state index is 12.5. The van der Waals surface area contributed by atoms with Gasteiger partial charge in [0.15, 0.2) is 0 Å². The molecule has 0 saturated heterocycles. The molecule has 0 fully saturated rings. The van der Waals surface area contributed by atoms with E-state index in [0.717, 1.165) is 17.7 Å². The molecule has 0 aliphatic heterocycles. The first-order chi connectivity index (χ1) is 8.86. The number of hydrogen-bond acceptors (Lipinski definition) is 1. The fraction of sp³-hybridized carbons (Fsp3) is 0.0714. The van der Waals surface area contributed by atoms with E-state index in [-0.39, 0.29) is 10.8 Å². The van der Waals surface area contributed by atoms with Gasteiger partial charge in [0.2, 0.25) is 0 Å². The highest BCUT2D eigenvalue weighted by Gasteiger charge is 2.31. The van der Waals surface area contributed by atoms with Gasteiger partial charge in [0.25, 0.3) is 0 Å². The Hall–Kier alpha value is -1.68. The van der Waals surface area contributed by atoms with Crippen molar-refractivity contribution in [1.29, 1.82) is 0 Å². The van der Waals surface area contributed by atoms with Gasteiger partial charge in [-0.25, -0.2) is 0 Å². The molecular formula is C14H9ClF3O. The molecule has 2 rings (SSSR count). The monoisotopic (exact) mass is 285 g/mol. The van der Waals surface area contributed by atoms with Crippen molar-refractivity contribution >= 4 is 11.6 Å². The van der Waals surface area contributed by atoms with E-state index >= 15 is 0 Å². The molecule has 99 valence electrons. The van der Waals surface area contributed by atoms with Crippen molar-refractivity contribution in [2.24, 2.45) is 0 Å². The molecule has 0 aromatic heterocycles. The SMILES string of the molecule is [CH2]c1cccc(Oc2ccc(C(F)(F)F)cc2Cl)c1. The first kappa shape index (κ1) is 13.7. The van der Waals surface area contributed by atoms with Crippen LogP contribution in [0.15, 0.2) is 42.5 Å². The van der Waals surface area contributed by atoms with E-state index in [0.29, 0.717) is 5.75 Å². The topological polar surface area (TPSA) is 9.23 Å². The molecule has 0 aliphatic carbocycles. The largest absolute Gasteiger partial charge is 0.456 e. The van der Waals surface area contributed by atoms with Crippen LogP contribution in [0.4, 0.5) is 13.2 Å². The molecule has 0 atom stereocenters. The van der Waals surface area contributed by atoms with Crippen LogP contribution >= 0.6 is 11.6 Å². The van der Waals surface area contributed by atoms with Crippen LogP contribution in [0, 0.1) is 6.92 Å². The third-order valence-electron chi connectivity index (χ3n) is 2.39. The van der Waals surface area contributed by atoms with Gasteiger partial charge in [-0.05, 0) is 42.8 Å². The Morgan fingerprint density at radius 2 is 1.79 bits per heavy atom. The number of alkyl halides is 3. The first-order valence-corrected chi connectivity index (χ1v) is 5.71. The fourth-order valence-corrected chi connectivity index (χ4v) is 1.72. The van der Waals surface area contributed by atoms with Crippen molar-refractivity contribution in [3.05, 3.63) is 65.5 Å². The molecule has 2 aromatic carbocycles. The normalized spacial score (nSPS) is 11.4. The van der Waals surface area contributed by atoms with E-state index in [1.165, 1.54) is 6.07 Å². The third kappa shape index (κ3) is 3.41. The summed E-state index contributed by atoms with van der Waals surface area (Å²) in [6.45, 7) is 3.73. The van der Waals surface area contributed by atoms with Crippen LogP contribution in [0.5, 0.6) is 11.5 Å². The minimum absolute atomic E-state index is 0.0932. The van der Waals surface area contributed by atoms with Crippen molar-refractivity contribution in [3.63, 3.8) is 0 Å². The van der Waals surface area contributed by atoms with Gasteiger partial charge in [0.05, 0.1) is 10.6 Å². The van der Waals surface area contributed by atoms with Crippen LogP contribution < -0.4 is 4.74 Å². The summed E-state index contributed by atoms with van der Waals surface area (Å²) in [5.41, 5.74) is -0.0729. The van der Waals surface area contributed by atoms with Crippen LogP contribution in [0.1, 0.15) is 11.1 Å². The lowest BCUT2D eigenvalue weighted by Crippen LogP contribution is -2.04. The predicted molar refractivity (Wildman–Crippen MR) is 67.4 cm³/mol. The van der Waals surface area contributed by atoms with Gasteiger partial charge in [-0.3, -0.25) is 0 Å². The smallest absolute Gasteiger partial charge is 0.416 e. The number of rotatable bonds is 2. The van der Waals surface area contributed by atoms with Gasteiger partial charge in [-0.15, -0.1) is 0 Å². The average Bonchev–Trinajstić information content (AvgIpc) is 2.30. The van der Waals surface area contributed by atoms with E-state index in [1.807, 2.05) is 0 Å². The molecular weight excluding hydrogens is 277 g/mol. The Kier molecular flexibility index (Phi) is 3.71. The standard InChI is InChI=1S/C14H9ClF3O/c1-9-3-2-4-11(7-9)19-13-6-5-10(8-12(13)15)14(16,17)18/h2-8H,1H2. The Balaban J connectivity index is 2.27. The molecule has 1 radical (unpaired) electrons. The van der Waals surface area contributed by atoms with Crippen molar-refractivity contribution in [2.45, 2.75) is 6.18 Å². The minimum Gasteiger partial charge on any atom is -0.456 e. The summed E-state index contributed by atoms with van der Waals surface area (Å²) >= 11 is 5.78. The number of ether oxygens (including phenoxy) is 1. The summed E-state index contributed by atoms with van der Waals surface area (Å²) in [4.78, 5) is 0. The van der Waals surface area contributed by atoms with Gasteiger partial charge < -0.3 is 4.74 Å². The summed E-state index contributed by atoms with van der Waals surface area (Å²) in [5, 5.41) is -0.0932. The fourth-order valence-electron chi connectivity index (χ4n) is 1.50. The van der Waals surface area contributed by atoms with Crippen LogP contribution in [0.2, 0.25) is 5.02 Å².